The molecule has 23 heavy (non-hydrogen) atoms. The molecule has 2 aromatic heterocycles. The number of nitrogens with zero attached hydrogens (tertiary/aromatic N) is 1. The van der Waals surface area contributed by atoms with Crippen LogP contribution in [-0.4, -0.2) is 9.90 Å². The molecule has 2 aromatic carbocycles. The molecule has 0 unspecified atom stereocenters. The van der Waals surface area contributed by atoms with Gasteiger partial charge in [0, 0.05) is 7.05 Å². The summed E-state index contributed by atoms with van der Waals surface area (Å²) >= 11 is 0. The van der Waals surface area contributed by atoms with Crippen molar-refractivity contribution in [1.29, 1.82) is 0 Å². The van der Waals surface area contributed by atoms with Crippen molar-refractivity contribution in [3.63, 3.8) is 0 Å². The Morgan fingerprint density at radius 3 is 2.22 bits per heavy atom. The zero-order chi connectivity index (χ0) is 16.6. The van der Waals surface area contributed by atoms with Gasteiger partial charge in [-0.2, -0.15) is 9.90 Å². The number of fused-ring (bicyclic) bond motifs is 2. The molecule has 0 atom stereocenters. The summed E-state index contributed by atoms with van der Waals surface area (Å²) in [5.41, 5.74) is 3.21. The highest BCUT2D eigenvalue weighted by atomic mass is 16.5. The van der Waals surface area contributed by atoms with E-state index >= 15 is 0 Å². The van der Waals surface area contributed by atoms with E-state index in [0.717, 1.165) is 11.1 Å². The second kappa shape index (κ2) is 5.64. The molecule has 0 spiro atoms. The Bertz CT molecular complexity index is 1100. The maximum atomic E-state index is 11.3. The van der Waals surface area contributed by atoms with Crippen LogP contribution in [0.3, 0.4) is 0 Å². The lowest BCUT2D eigenvalue weighted by Crippen LogP contribution is -2.08. The summed E-state index contributed by atoms with van der Waals surface area (Å²) in [4.78, 5) is 22.2. The fourth-order valence-corrected chi connectivity index (χ4v) is 2.30. The summed E-state index contributed by atoms with van der Waals surface area (Å²) in [5.74, 6) is 0. The molecule has 0 radical (unpaired) electrons. The van der Waals surface area contributed by atoms with E-state index in [-0.39, 0.29) is 11.1 Å². The SMILES string of the molecule is Cc1ccc2c(=O)[nH]oc2c1.Cc1ccc2c(=O)n(C)oc2c1. The van der Waals surface area contributed by atoms with Gasteiger partial charge in [-0.15, -0.1) is 0 Å². The highest BCUT2D eigenvalue weighted by molar-refractivity contribution is 5.76. The molecule has 0 amide bonds. The fraction of sp³-hybridized carbons (Fsp3) is 0.176. The topological polar surface area (TPSA) is 81.1 Å². The largest absolute Gasteiger partial charge is 0.378 e. The number of hydrogen-bond donors (Lipinski definition) is 1. The number of hydrogen-bond acceptors (Lipinski definition) is 4. The molecule has 4 rings (SSSR count). The summed E-state index contributed by atoms with van der Waals surface area (Å²) in [7, 11) is 1.61. The molecule has 0 bridgehead atoms. The number of H-pyrrole nitrogens is 1. The predicted octanol–water partition coefficient (Wildman–Crippen LogP) is 2.87. The highest BCUT2D eigenvalue weighted by Crippen LogP contribution is 2.12. The van der Waals surface area contributed by atoms with Crippen molar-refractivity contribution in [2.24, 2.45) is 7.05 Å². The minimum absolute atomic E-state index is 0.0787. The molecule has 0 aliphatic heterocycles. The first kappa shape index (κ1) is 14.9. The van der Waals surface area contributed by atoms with E-state index in [0.29, 0.717) is 21.9 Å². The Hall–Kier alpha value is -3.02. The van der Waals surface area contributed by atoms with E-state index in [1.807, 2.05) is 38.1 Å². The van der Waals surface area contributed by atoms with Crippen LogP contribution < -0.4 is 11.1 Å². The number of aromatic nitrogens is 2. The van der Waals surface area contributed by atoms with Crippen molar-refractivity contribution >= 4 is 21.9 Å². The zero-order valence-corrected chi connectivity index (χ0v) is 13.0. The van der Waals surface area contributed by atoms with Crippen molar-refractivity contribution in [2.75, 3.05) is 0 Å². The van der Waals surface area contributed by atoms with Gasteiger partial charge in [0.1, 0.15) is 0 Å². The van der Waals surface area contributed by atoms with E-state index in [2.05, 4.69) is 5.16 Å². The summed E-state index contributed by atoms with van der Waals surface area (Å²) in [6, 6.07) is 11.0. The minimum Gasteiger partial charge on any atom is -0.378 e. The van der Waals surface area contributed by atoms with E-state index in [9.17, 15) is 9.59 Å². The Kier molecular flexibility index (Phi) is 3.65. The molecule has 6 heteroatoms. The highest BCUT2D eigenvalue weighted by Gasteiger charge is 2.04. The molecule has 0 saturated carbocycles. The van der Waals surface area contributed by atoms with Crippen LogP contribution in [0.5, 0.6) is 0 Å². The van der Waals surface area contributed by atoms with Crippen molar-refractivity contribution in [1.82, 2.24) is 9.90 Å². The lowest BCUT2D eigenvalue weighted by atomic mass is 10.2. The van der Waals surface area contributed by atoms with Crippen LogP contribution in [0.25, 0.3) is 21.9 Å². The van der Waals surface area contributed by atoms with E-state index in [1.54, 1.807) is 19.2 Å². The van der Waals surface area contributed by atoms with Crippen LogP contribution in [-0.2, 0) is 7.05 Å². The number of aromatic amines is 1. The normalized spacial score (nSPS) is 10.7. The Morgan fingerprint density at radius 1 is 0.913 bits per heavy atom. The summed E-state index contributed by atoms with van der Waals surface area (Å²) in [5, 5.41) is 3.52. The first-order chi connectivity index (χ1) is 11.0. The Labute approximate surface area is 130 Å². The van der Waals surface area contributed by atoms with Gasteiger partial charge in [-0.1, -0.05) is 12.1 Å². The third-order valence-corrected chi connectivity index (χ3v) is 3.52. The second-order valence-corrected chi connectivity index (χ2v) is 5.43. The van der Waals surface area contributed by atoms with Crippen molar-refractivity contribution in [3.05, 3.63) is 68.2 Å². The molecule has 0 aliphatic carbocycles. The lowest BCUT2D eigenvalue weighted by Gasteiger charge is -1.87. The van der Waals surface area contributed by atoms with Gasteiger partial charge >= 0.3 is 0 Å². The Morgan fingerprint density at radius 2 is 1.52 bits per heavy atom. The maximum Gasteiger partial charge on any atom is 0.290 e. The van der Waals surface area contributed by atoms with Gasteiger partial charge in [0.25, 0.3) is 11.1 Å². The number of nitrogens with one attached hydrogen (secondary N) is 1. The van der Waals surface area contributed by atoms with Gasteiger partial charge < -0.3 is 9.05 Å². The molecular weight excluding hydrogens is 296 g/mol. The summed E-state index contributed by atoms with van der Waals surface area (Å²) in [6.07, 6.45) is 0. The molecule has 6 nitrogen and oxygen atoms in total. The summed E-state index contributed by atoms with van der Waals surface area (Å²) < 4.78 is 11.3. The maximum absolute atomic E-state index is 11.3. The van der Waals surface area contributed by atoms with Gasteiger partial charge in [-0.05, 0) is 49.2 Å². The monoisotopic (exact) mass is 312 g/mol. The third kappa shape index (κ3) is 2.83. The molecular formula is C17H16N2O4. The van der Waals surface area contributed by atoms with E-state index in [1.165, 1.54) is 4.74 Å². The Balaban J connectivity index is 0.000000136. The van der Waals surface area contributed by atoms with Crippen molar-refractivity contribution < 1.29 is 9.05 Å². The average molecular weight is 312 g/mol. The van der Waals surface area contributed by atoms with Gasteiger partial charge in [0.2, 0.25) is 0 Å². The molecule has 118 valence electrons. The minimum atomic E-state index is -0.167. The molecule has 0 aliphatic rings. The predicted molar refractivity (Wildman–Crippen MR) is 87.8 cm³/mol. The molecule has 0 fully saturated rings. The van der Waals surface area contributed by atoms with Crippen LogP contribution in [0, 0.1) is 13.8 Å². The standard InChI is InChI=1S/C9H9NO2.C8H7NO2/c1-6-3-4-7-8(5-6)12-10(2)9(7)11;1-5-2-3-6-7(4-5)11-9-8(6)10/h3-5H,1-2H3;2-4H,1H3,(H,9,10). The van der Waals surface area contributed by atoms with Crippen LogP contribution in [0.1, 0.15) is 11.1 Å². The van der Waals surface area contributed by atoms with Crippen molar-refractivity contribution in [3.8, 4) is 0 Å². The van der Waals surface area contributed by atoms with Crippen LogP contribution in [0.15, 0.2) is 55.0 Å². The van der Waals surface area contributed by atoms with Gasteiger partial charge in [0.15, 0.2) is 11.2 Å². The first-order valence-electron chi connectivity index (χ1n) is 7.10. The van der Waals surface area contributed by atoms with Gasteiger partial charge in [0.05, 0.1) is 10.8 Å². The van der Waals surface area contributed by atoms with Crippen LogP contribution in [0.2, 0.25) is 0 Å². The van der Waals surface area contributed by atoms with Crippen LogP contribution in [0.4, 0.5) is 0 Å². The van der Waals surface area contributed by atoms with Gasteiger partial charge in [-0.3, -0.25) is 9.59 Å². The average Bonchev–Trinajstić information content (AvgIpc) is 3.00. The van der Waals surface area contributed by atoms with Crippen molar-refractivity contribution in [2.45, 2.75) is 13.8 Å². The van der Waals surface area contributed by atoms with Crippen LogP contribution >= 0.6 is 0 Å². The third-order valence-electron chi connectivity index (χ3n) is 3.52. The molecule has 2 heterocycles. The molecule has 1 N–H and O–H groups in total. The first-order valence-corrected chi connectivity index (χ1v) is 7.10. The quantitative estimate of drug-likeness (QED) is 0.541. The van der Waals surface area contributed by atoms with E-state index in [4.69, 9.17) is 9.05 Å². The van der Waals surface area contributed by atoms with Gasteiger partial charge in [-0.25, -0.2) is 0 Å². The number of rotatable bonds is 0. The number of benzene rings is 2. The smallest absolute Gasteiger partial charge is 0.290 e. The fourth-order valence-electron chi connectivity index (χ4n) is 2.30. The summed E-state index contributed by atoms with van der Waals surface area (Å²) in [6.45, 7) is 3.92. The molecule has 4 aromatic rings. The molecule has 0 saturated heterocycles. The zero-order valence-electron chi connectivity index (χ0n) is 13.0. The number of aryl methyl sites for hydroxylation is 3. The van der Waals surface area contributed by atoms with E-state index < -0.39 is 0 Å². The second-order valence-electron chi connectivity index (χ2n) is 5.43. The lowest BCUT2D eigenvalue weighted by molar-refractivity contribution is 0.324.